The molecule has 4 rings (SSSR count). The number of aliphatic hydroxyl groups excluding tert-OH is 1. The predicted octanol–water partition coefficient (Wildman–Crippen LogP) is 3.54. The molecule has 0 aromatic rings. The molecule has 0 heterocycles. The van der Waals surface area contributed by atoms with E-state index >= 15 is 0 Å². The molecule has 0 amide bonds. The van der Waals surface area contributed by atoms with Crippen LogP contribution in [0.2, 0.25) is 0 Å². The number of rotatable bonds is 4. The zero-order valence-electron chi connectivity index (χ0n) is 17.0. The summed E-state index contributed by atoms with van der Waals surface area (Å²) in [6.07, 6.45) is 9.81. The molecule has 1 unspecified atom stereocenters. The van der Waals surface area contributed by atoms with Gasteiger partial charge in [0.1, 0.15) is 0 Å². The summed E-state index contributed by atoms with van der Waals surface area (Å²) in [5, 5.41) is 21.6. The van der Waals surface area contributed by atoms with Crippen molar-refractivity contribution in [2.24, 2.45) is 28.6 Å². The lowest BCUT2D eigenvalue weighted by Gasteiger charge is -2.59. The van der Waals surface area contributed by atoms with Gasteiger partial charge in [0, 0.05) is 6.42 Å². The first-order valence-corrected chi connectivity index (χ1v) is 12.3. The number of hydrogen-bond acceptors (Lipinski definition) is 4. The predicted molar refractivity (Wildman–Crippen MR) is 105 cm³/mol. The summed E-state index contributed by atoms with van der Waals surface area (Å²) in [6, 6.07) is 0. The average molecular weight is 414 g/mol. The van der Waals surface area contributed by atoms with Crippen molar-refractivity contribution >= 4 is 7.82 Å². The average Bonchev–Trinajstić information content (AvgIpc) is 2.86. The summed E-state index contributed by atoms with van der Waals surface area (Å²) in [6.45, 7) is 4.47. The Labute approximate surface area is 167 Å². The lowest BCUT2D eigenvalue weighted by Crippen LogP contribution is -2.55. The van der Waals surface area contributed by atoms with Crippen LogP contribution in [0.1, 0.15) is 71.6 Å². The van der Waals surface area contributed by atoms with E-state index in [1.54, 1.807) is 0 Å². The maximum absolute atomic E-state index is 11.5. The van der Waals surface area contributed by atoms with Crippen LogP contribution >= 0.6 is 7.82 Å². The molecule has 0 aromatic heterocycles. The molecule has 0 bridgehead atoms. The van der Waals surface area contributed by atoms with Crippen molar-refractivity contribution in [3.05, 3.63) is 11.6 Å². The molecule has 160 valence electrons. The third-order valence-electron chi connectivity index (χ3n) is 9.19. The second kappa shape index (κ2) is 6.90. The van der Waals surface area contributed by atoms with Crippen LogP contribution in [0.4, 0.5) is 0 Å². The highest BCUT2D eigenvalue weighted by atomic mass is 31.2. The first-order valence-electron chi connectivity index (χ1n) is 10.8. The van der Waals surface area contributed by atoms with Gasteiger partial charge in [0.15, 0.2) is 0 Å². The third-order valence-corrected chi connectivity index (χ3v) is 9.70. The van der Waals surface area contributed by atoms with Crippen LogP contribution in [0.3, 0.4) is 0 Å². The Morgan fingerprint density at radius 1 is 1.11 bits per heavy atom. The normalized spacial score (nSPS) is 48.4. The van der Waals surface area contributed by atoms with Crippen molar-refractivity contribution in [1.29, 1.82) is 0 Å². The van der Waals surface area contributed by atoms with Gasteiger partial charge in [0.2, 0.25) is 0 Å². The molecule has 4 aliphatic carbocycles. The van der Waals surface area contributed by atoms with Crippen molar-refractivity contribution in [2.75, 3.05) is 6.61 Å². The smallest absolute Gasteiger partial charge is 0.389 e. The van der Waals surface area contributed by atoms with Crippen LogP contribution in [0.25, 0.3) is 0 Å². The van der Waals surface area contributed by atoms with Crippen LogP contribution in [0, 0.1) is 28.6 Å². The van der Waals surface area contributed by atoms with Gasteiger partial charge in [-0.25, -0.2) is 4.57 Å². The second-order valence-corrected chi connectivity index (χ2v) is 11.5. The molecule has 0 aliphatic heterocycles. The van der Waals surface area contributed by atoms with E-state index in [1.807, 2.05) is 0 Å². The van der Waals surface area contributed by atoms with E-state index in [2.05, 4.69) is 24.4 Å². The van der Waals surface area contributed by atoms with Gasteiger partial charge in [0.25, 0.3) is 0 Å². The maximum Gasteiger partial charge on any atom is 0.469 e. The molecule has 0 radical (unpaired) electrons. The Morgan fingerprint density at radius 2 is 1.82 bits per heavy atom. The van der Waals surface area contributed by atoms with E-state index in [9.17, 15) is 14.8 Å². The Kier molecular flexibility index (Phi) is 5.18. The van der Waals surface area contributed by atoms with Crippen molar-refractivity contribution in [1.82, 2.24) is 0 Å². The van der Waals surface area contributed by atoms with E-state index < -0.39 is 13.4 Å². The van der Waals surface area contributed by atoms with Gasteiger partial charge in [0.05, 0.1) is 18.3 Å². The summed E-state index contributed by atoms with van der Waals surface area (Å²) in [5.41, 5.74) is 0.475. The first kappa shape index (κ1) is 21.0. The lowest BCUT2D eigenvalue weighted by atomic mass is 9.46. The van der Waals surface area contributed by atoms with Crippen molar-refractivity contribution < 1.29 is 29.1 Å². The zero-order chi connectivity index (χ0) is 20.4. The summed E-state index contributed by atoms with van der Waals surface area (Å²) < 4.78 is 15.7. The maximum atomic E-state index is 11.5. The van der Waals surface area contributed by atoms with E-state index in [4.69, 9.17) is 9.79 Å². The summed E-state index contributed by atoms with van der Waals surface area (Å²) >= 11 is 0. The molecule has 0 saturated heterocycles. The fraction of sp³-hybridized carbons (Fsp3) is 0.905. The molecule has 3 fully saturated rings. The van der Waals surface area contributed by atoms with Crippen LogP contribution < -0.4 is 0 Å². The van der Waals surface area contributed by atoms with Gasteiger partial charge >= 0.3 is 7.82 Å². The fourth-order valence-electron chi connectivity index (χ4n) is 7.56. The monoisotopic (exact) mass is 414 g/mol. The van der Waals surface area contributed by atoms with Gasteiger partial charge in [-0.1, -0.05) is 25.5 Å². The van der Waals surface area contributed by atoms with Crippen LogP contribution in [-0.4, -0.2) is 38.3 Å². The number of aliphatic hydroxyl groups is 2. The lowest BCUT2D eigenvalue weighted by molar-refractivity contribution is -0.134. The molecule has 6 nitrogen and oxygen atoms in total. The Hall–Kier alpha value is -0.230. The van der Waals surface area contributed by atoms with E-state index in [0.717, 1.165) is 44.9 Å². The minimum absolute atomic E-state index is 0.111. The molecule has 0 aromatic carbocycles. The number of phosphoric acid groups is 1. The Balaban J connectivity index is 1.54. The van der Waals surface area contributed by atoms with Crippen LogP contribution in [0.15, 0.2) is 11.6 Å². The number of allylic oxidation sites excluding steroid dienone is 1. The third kappa shape index (κ3) is 3.25. The SMILES string of the molecule is C[C@]12CCC(O)C=C1CC[C@@H]1[C@@H]2CC[C@@]2(C)[C@H]1CC[C@]2(O)CCOP(=O)(O)O. The second-order valence-electron chi connectivity index (χ2n) is 10.2. The number of fused-ring (bicyclic) bond motifs is 5. The van der Waals surface area contributed by atoms with E-state index in [1.165, 1.54) is 5.57 Å². The first-order chi connectivity index (χ1) is 13.0. The molecule has 4 N–H and O–H groups in total. The molecule has 28 heavy (non-hydrogen) atoms. The van der Waals surface area contributed by atoms with Gasteiger partial charge in [-0.05, 0) is 80.0 Å². The fourth-order valence-corrected chi connectivity index (χ4v) is 7.89. The largest absolute Gasteiger partial charge is 0.469 e. The zero-order valence-corrected chi connectivity index (χ0v) is 17.9. The van der Waals surface area contributed by atoms with E-state index in [0.29, 0.717) is 24.2 Å². The molecular formula is C21H35O6P. The van der Waals surface area contributed by atoms with Gasteiger partial charge < -0.3 is 20.0 Å². The molecule has 7 atom stereocenters. The highest BCUT2D eigenvalue weighted by Gasteiger charge is 2.63. The highest BCUT2D eigenvalue weighted by molar-refractivity contribution is 7.46. The minimum atomic E-state index is -4.50. The summed E-state index contributed by atoms with van der Waals surface area (Å²) in [4.78, 5) is 17.9. The molecule has 4 aliphatic rings. The molecule has 3 saturated carbocycles. The number of hydrogen-bond donors (Lipinski definition) is 4. The van der Waals surface area contributed by atoms with Gasteiger partial charge in [-0.2, -0.15) is 0 Å². The summed E-state index contributed by atoms with van der Waals surface area (Å²) in [7, 11) is -4.50. The number of phosphoric ester groups is 1. The minimum Gasteiger partial charge on any atom is -0.389 e. The quantitative estimate of drug-likeness (QED) is 0.414. The van der Waals surface area contributed by atoms with Crippen molar-refractivity contribution in [3.63, 3.8) is 0 Å². The molecule has 7 heteroatoms. The molecule has 0 spiro atoms. The van der Waals surface area contributed by atoms with Crippen LogP contribution in [0.5, 0.6) is 0 Å². The van der Waals surface area contributed by atoms with Crippen molar-refractivity contribution in [3.8, 4) is 0 Å². The topological polar surface area (TPSA) is 107 Å². The summed E-state index contributed by atoms with van der Waals surface area (Å²) in [5.74, 6) is 1.62. The van der Waals surface area contributed by atoms with Gasteiger partial charge in [-0.15, -0.1) is 0 Å². The molecular weight excluding hydrogens is 379 g/mol. The van der Waals surface area contributed by atoms with Crippen molar-refractivity contribution in [2.45, 2.75) is 83.3 Å². The highest BCUT2D eigenvalue weighted by Crippen LogP contribution is 2.68. The standard InChI is InChI=1S/C21H35O6P/c1-19-8-5-15(22)13-14(19)3-4-16-17(19)6-9-20(2)18(16)7-10-21(20,23)11-12-27-28(24,25)26/h13,15-18,22-23H,3-12H2,1-2H3,(H2,24,25,26)/t15?,16-,17+,18+,19+,20+,21+/m1/s1. The Bertz CT molecular complexity index is 703. The Morgan fingerprint density at radius 3 is 2.54 bits per heavy atom. The van der Waals surface area contributed by atoms with E-state index in [-0.39, 0.29) is 30.0 Å². The van der Waals surface area contributed by atoms with Crippen LogP contribution in [-0.2, 0) is 9.09 Å². The van der Waals surface area contributed by atoms with Gasteiger partial charge in [-0.3, -0.25) is 4.52 Å².